The average Bonchev–Trinajstić information content (AvgIpc) is 2.67. The molecule has 3 rings (SSSR count). The molecule has 1 unspecified atom stereocenters. The molecule has 0 bridgehead atoms. The van der Waals surface area contributed by atoms with Gasteiger partial charge in [-0.3, -0.25) is 14.6 Å². The van der Waals surface area contributed by atoms with Gasteiger partial charge in [-0.15, -0.1) is 0 Å². The number of nitrogens with zero attached hydrogens (tertiary/aromatic N) is 2. The summed E-state index contributed by atoms with van der Waals surface area (Å²) in [6.07, 6.45) is -1.05. The normalized spacial score (nSPS) is 17.3. The molecule has 1 aliphatic heterocycles. The van der Waals surface area contributed by atoms with Gasteiger partial charge in [0.1, 0.15) is 5.69 Å². The number of carbonyl (C=O) groups is 2. The molecule has 0 radical (unpaired) electrons. The first-order valence-electron chi connectivity index (χ1n) is 8.98. The van der Waals surface area contributed by atoms with Crippen molar-refractivity contribution in [3.63, 3.8) is 0 Å². The number of hydrogen-bond donors (Lipinski definition) is 1. The van der Waals surface area contributed by atoms with Crippen molar-refractivity contribution in [3.05, 3.63) is 59.4 Å². The fraction of sp³-hybridized carbons (Fsp3) is 0.350. The zero-order valence-electron chi connectivity index (χ0n) is 15.3. The maximum absolute atomic E-state index is 12.6. The van der Waals surface area contributed by atoms with Crippen LogP contribution in [0.15, 0.2) is 42.6 Å². The lowest BCUT2D eigenvalue weighted by molar-refractivity contribution is -0.137. The molecule has 2 amide bonds. The van der Waals surface area contributed by atoms with Gasteiger partial charge in [0, 0.05) is 30.5 Å². The maximum Gasteiger partial charge on any atom is 0.416 e. The smallest absolute Gasteiger partial charge is 0.337 e. The van der Waals surface area contributed by atoms with Crippen LogP contribution in [-0.2, 0) is 6.18 Å². The van der Waals surface area contributed by atoms with Gasteiger partial charge in [-0.05, 0) is 55.2 Å². The molecule has 1 N–H and O–H groups in total. The Labute approximate surface area is 160 Å². The van der Waals surface area contributed by atoms with Crippen molar-refractivity contribution in [2.24, 2.45) is 5.92 Å². The summed E-state index contributed by atoms with van der Waals surface area (Å²) < 4.78 is 37.8. The first-order valence-corrected chi connectivity index (χ1v) is 8.98. The fourth-order valence-electron chi connectivity index (χ4n) is 3.17. The molecule has 5 nitrogen and oxygen atoms in total. The number of aromatic nitrogens is 1. The number of halogens is 3. The van der Waals surface area contributed by atoms with Crippen molar-refractivity contribution in [1.82, 2.24) is 9.88 Å². The Hall–Kier alpha value is -2.90. The van der Waals surface area contributed by atoms with E-state index < -0.39 is 17.6 Å². The summed E-state index contributed by atoms with van der Waals surface area (Å²) in [7, 11) is 0. The molecule has 8 heteroatoms. The number of hydrogen-bond acceptors (Lipinski definition) is 3. The molecule has 1 atom stereocenters. The highest BCUT2D eigenvalue weighted by Gasteiger charge is 2.30. The molecular weight excluding hydrogens is 371 g/mol. The fourth-order valence-corrected chi connectivity index (χ4v) is 3.17. The van der Waals surface area contributed by atoms with E-state index in [1.807, 2.05) is 0 Å². The molecule has 0 saturated carbocycles. The third-order valence-corrected chi connectivity index (χ3v) is 4.66. The average molecular weight is 391 g/mol. The number of piperidine rings is 1. The van der Waals surface area contributed by atoms with E-state index in [0.29, 0.717) is 19.0 Å². The molecule has 1 aliphatic rings. The van der Waals surface area contributed by atoms with E-state index in [0.717, 1.165) is 25.0 Å². The van der Waals surface area contributed by atoms with Crippen molar-refractivity contribution in [1.29, 1.82) is 0 Å². The molecule has 1 aromatic carbocycles. The molecule has 1 aromatic heterocycles. The van der Waals surface area contributed by atoms with Crippen LogP contribution in [0.1, 0.15) is 46.2 Å². The van der Waals surface area contributed by atoms with Gasteiger partial charge in [-0.2, -0.15) is 13.2 Å². The highest BCUT2D eigenvalue weighted by molar-refractivity contribution is 6.05. The summed E-state index contributed by atoms with van der Waals surface area (Å²) in [5.41, 5.74) is -0.178. The Bertz CT molecular complexity index is 866. The van der Waals surface area contributed by atoms with E-state index in [9.17, 15) is 22.8 Å². The van der Waals surface area contributed by atoms with Crippen molar-refractivity contribution in [2.75, 3.05) is 18.4 Å². The Kier molecular flexibility index (Phi) is 5.67. The number of benzene rings is 1. The zero-order chi connectivity index (χ0) is 20.3. The predicted octanol–water partition coefficient (Wildman–Crippen LogP) is 4.22. The molecule has 28 heavy (non-hydrogen) atoms. The largest absolute Gasteiger partial charge is 0.416 e. The third-order valence-electron chi connectivity index (χ3n) is 4.66. The quantitative estimate of drug-likeness (QED) is 0.852. The maximum atomic E-state index is 12.6. The topological polar surface area (TPSA) is 62.3 Å². The van der Waals surface area contributed by atoms with Crippen LogP contribution < -0.4 is 5.32 Å². The highest BCUT2D eigenvalue weighted by atomic mass is 19.4. The summed E-state index contributed by atoms with van der Waals surface area (Å²) in [6, 6.07) is 7.02. The Balaban J connectivity index is 1.71. The highest BCUT2D eigenvalue weighted by Crippen LogP contribution is 2.29. The van der Waals surface area contributed by atoms with Gasteiger partial charge in [0.25, 0.3) is 11.8 Å². The van der Waals surface area contributed by atoms with E-state index >= 15 is 0 Å². The molecule has 0 aliphatic carbocycles. The lowest BCUT2D eigenvalue weighted by Gasteiger charge is -2.30. The molecule has 148 valence electrons. The number of pyridine rings is 1. The molecule has 2 aromatic rings. The van der Waals surface area contributed by atoms with E-state index in [4.69, 9.17) is 0 Å². The minimum atomic E-state index is -4.44. The minimum Gasteiger partial charge on any atom is -0.337 e. The summed E-state index contributed by atoms with van der Waals surface area (Å²) in [4.78, 5) is 30.8. The lowest BCUT2D eigenvalue weighted by atomic mass is 10.00. The number of likely N-dealkylation sites (tertiary alicyclic amines) is 1. The van der Waals surface area contributed by atoms with Crippen LogP contribution in [0.3, 0.4) is 0 Å². The van der Waals surface area contributed by atoms with Gasteiger partial charge < -0.3 is 10.2 Å². The molecular formula is C20H20F3N3O2. The molecule has 2 heterocycles. The van der Waals surface area contributed by atoms with E-state index in [1.165, 1.54) is 30.5 Å². The second kappa shape index (κ2) is 8.00. The monoisotopic (exact) mass is 391 g/mol. The van der Waals surface area contributed by atoms with Crippen molar-refractivity contribution >= 4 is 17.5 Å². The van der Waals surface area contributed by atoms with Crippen molar-refractivity contribution < 1.29 is 22.8 Å². The van der Waals surface area contributed by atoms with E-state index in [1.54, 1.807) is 4.90 Å². The third kappa shape index (κ3) is 4.68. The van der Waals surface area contributed by atoms with Crippen LogP contribution in [0.5, 0.6) is 0 Å². The number of anilines is 1. The SMILES string of the molecule is CC1CCCN(C(=O)c2cc(C(=O)Nc3ccc(C(F)(F)F)cc3)ccn2)C1. The molecule has 1 fully saturated rings. The van der Waals surface area contributed by atoms with Crippen LogP contribution in [0.2, 0.25) is 0 Å². The van der Waals surface area contributed by atoms with Crippen LogP contribution in [0.4, 0.5) is 18.9 Å². The predicted molar refractivity (Wildman–Crippen MR) is 97.9 cm³/mol. The first kappa shape index (κ1) is 19.9. The van der Waals surface area contributed by atoms with Crippen molar-refractivity contribution in [3.8, 4) is 0 Å². The van der Waals surface area contributed by atoms with Crippen LogP contribution in [0, 0.1) is 5.92 Å². The number of nitrogens with one attached hydrogen (secondary N) is 1. The summed E-state index contributed by atoms with van der Waals surface area (Å²) in [5.74, 6) is -0.331. The Morgan fingerprint density at radius 2 is 1.89 bits per heavy atom. The number of alkyl halides is 3. The molecule has 1 saturated heterocycles. The van der Waals surface area contributed by atoms with Gasteiger partial charge in [0.15, 0.2) is 0 Å². The Morgan fingerprint density at radius 1 is 1.18 bits per heavy atom. The van der Waals surface area contributed by atoms with Gasteiger partial charge in [0.2, 0.25) is 0 Å². The van der Waals surface area contributed by atoms with Gasteiger partial charge >= 0.3 is 6.18 Å². The van der Waals surface area contributed by atoms with E-state index in [2.05, 4.69) is 17.2 Å². The molecule has 0 spiro atoms. The second-order valence-corrected chi connectivity index (χ2v) is 6.96. The number of rotatable bonds is 3. The Morgan fingerprint density at radius 3 is 2.54 bits per heavy atom. The number of amides is 2. The van der Waals surface area contributed by atoms with Gasteiger partial charge in [0.05, 0.1) is 5.56 Å². The van der Waals surface area contributed by atoms with Gasteiger partial charge in [-0.25, -0.2) is 0 Å². The first-order chi connectivity index (χ1) is 13.2. The second-order valence-electron chi connectivity index (χ2n) is 6.96. The van der Waals surface area contributed by atoms with E-state index in [-0.39, 0.29) is 22.9 Å². The number of carbonyl (C=O) groups excluding carboxylic acids is 2. The van der Waals surface area contributed by atoms with Gasteiger partial charge in [-0.1, -0.05) is 6.92 Å². The minimum absolute atomic E-state index is 0.175. The summed E-state index contributed by atoms with van der Waals surface area (Å²) >= 11 is 0. The summed E-state index contributed by atoms with van der Waals surface area (Å²) in [5, 5.41) is 2.53. The van der Waals surface area contributed by atoms with Crippen LogP contribution >= 0.6 is 0 Å². The van der Waals surface area contributed by atoms with Crippen LogP contribution in [0.25, 0.3) is 0 Å². The standard InChI is InChI=1S/C20H20F3N3O2/c1-13-3-2-10-26(12-13)19(28)17-11-14(8-9-24-17)18(27)25-16-6-4-15(5-7-16)20(21,22)23/h4-9,11,13H,2-3,10,12H2,1H3,(H,25,27). The summed E-state index contributed by atoms with van der Waals surface area (Å²) in [6.45, 7) is 3.40. The van der Waals surface area contributed by atoms with Crippen LogP contribution in [-0.4, -0.2) is 34.8 Å². The lowest BCUT2D eigenvalue weighted by Crippen LogP contribution is -2.39. The zero-order valence-corrected chi connectivity index (χ0v) is 15.3. The van der Waals surface area contributed by atoms with Crippen molar-refractivity contribution in [2.45, 2.75) is 25.9 Å².